The van der Waals surface area contributed by atoms with Crippen LogP contribution in [0.1, 0.15) is 25.5 Å². The van der Waals surface area contributed by atoms with E-state index < -0.39 is 6.10 Å². The van der Waals surface area contributed by atoms with Crippen LogP contribution < -0.4 is 0 Å². The molecule has 1 N–H and O–H groups in total. The zero-order valence-corrected chi connectivity index (χ0v) is 10.0. The summed E-state index contributed by atoms with van der Waals surface area (Å²) in [4.78, 5) is 0. The van der Waals surface area contributed by atoms with E-state index in [0.29, 0.717) is 5.02 Å². The van der Waals surface area contributed by atoms with E-state index in [1.165, 1.54) is 0 Å². The molecule has 2 unspecified atom stereocenters. The fraction of sp³-hybridized carbons (Fsp3) is 0.500. The topological polar surface area (TPSA) is 29.5 Å². The molecule has 0 bridgehead atoms. The lowest BCUT2D eigenvalue weighted by atomic mass is 9.96. The quantitative estimate of drug-likeness (QED) is 0.859. The second-order valence-electron chi connectivity index (χ2n) is 3.94. The zero-order chi connectivity index (χ0) is 11.4. The van der Waals surface area contributed by atoms with Gasteiger partial charge in [0.1, 0.15) is 6.10 Å². The van der Waals surface area contributed by atoms with Gasteiger partial charge in [-0.15, -0.1) is 0 Å². The summed E-state index contributed by atoms with van der Waals surface area (Å²) in [7, 11) is 1.61. The largest absolute Gasteiger partial charge is 0.386 e. The number of benzene rings is 1. The molecule has 0 aliphatic rings. The Labute approximate surface area is 95.8 Å². The van der Waals surface area contributed by atoms with Crippen molar-refractivity contribution in [1.82, 2.24) is 0 Å². The van der Waals surface area contributed by atoms with Crippen LogP contribution in [-0.2, 0) is 4.74 Å². The number of hydrogen-bond donors (Lipinski definition) is 1. The number of methoxy groups -OCH3 is 1. The van der Waals surface area contributed by atoms with Gasteiger partial charge in [-0.2, -0.15) is 0 Å². The predicted molar refractivity (Wildman–Crippen MR) is 62.0 cm³/mol. The van der Waals surface area contributed by atoms with Crippen LogP contribution in [0.5, 0.6) is 0 Å². The molecule has 0 aliphatic heterocycles. The fourth-order valence-corrected chi connectivity index (χ4v) is 1.74. The Bertz CT molecular complexity index is 295. The first kappa shape index (κ1) is 12.5. The van der Waals surface area contributed by atoms with Crippen molar-refractivity contribution >= 4 is 11.6 Å². The van der Waals surface area contributed by atoms with Crippen LogP contribution >= 0.6 is 11.6 Å². The smallest absolute Gasteiger partial charge is 0.105 e. The molecule has 0 fully saturated rings. The molecule has 0 saturated carbocycles. The van der Waals surface area contributed by atoms with Gasteiger partial charge in [0.2, 0.25) is 0 Å². The maximum Gasteiger partial charge on any atom is 0.105 e. The highest BCUT2D eigenvalue weighted by Crippen LogP contribution is 2.25. The second-order valence-corrected chi connectivity index (χ2v) is 4.38. The fourth-order valence-electron chi connectivity index (χ4n) is 1.62. The summed E-state index contributed by atoms with van der Waals surface area (Å²) in [5.74, 6) is 0.265. The molecule has 84 valence electrons. The van der Waals surface area contributed by atoms with Crippen molar-refractivity contribution in [3.63, 3.8) is 0 Å². The maximum atomic E-state index is 10.1. The van der Waals surface area contributed by atoms with Crippen molar-refractivity contribution in [2.45, 2.75) is 26.1 Å². The Hall–Kier alpha value is -0.570. The molecule has 1 aromatic carbocycles. The highest BCUT2D eigenvalue weighted by Gasteiger charge is 2.23. The molecule has 15 heavy (non-hydrogen) atoms. The first-order valence-electron chi connectivity index (χ1n) is 5.02. The van der Waals surface area contributed by atoms with E-state index in [-0.39, 0.29) is 12.0 Å². The molecule has 0 amide bonds. The minimum atomic E-state index is -0.604. The first-order chi connectivity index (χ1) is 7.06. The van der Waals surface area contributed by atoms with Gasteiger partial charge in [0.25, 0.3) is 0 Å². The van der Waals surface area contributed by atoms with Gasteiger partial charge in [0.15, 0.2) is 0 Å². The zero-order valence-electron chi connectivity index (χ0n) is 9.27. The minimum absolute atomic E-state index is 0.189. The number of hydrogen-bond acceptors (Lipinski definition) is 2. The van der Waals surface area contributed by atoms with Gasteiger partial charge in [-0.1, -0.05) is 37.6 Å². The Morgan fingerprint density at radius 2 is 1.73 bits per heavy atom. The van der Waals surface area contributed by atoms with E-state index in [1.807, 2.05) is 26.0 Å². The molecule has 0 aliphatic carbocycles. The molecule has 1 rings (SSSR count). The molecule has 0 heterocycles. The summed E-state index contributed by atoms with van der Waals surface area (Å²) < 4.78 is 5.28. The molecular formula is C12H17ClO2. The van der Waals surface area contributed by atoms with E-state index in [1.54, 1.807) is 19.2 Å². The van der Waals surface area contributed by atoms with E-state index in [9.17, 15) is 5.11 Å². The molecule has 0 aromatic heterocycles. The highest BCUT2D eigenvalue weighted by molar-refractivity contribution is 6.30. The molecule has 2 nitrogen and oxygen atoms in total. The standard InChI is InChI=1S/C12H17ClO2/c1-8(2)12(15-3)11(14)9-4-6-10(13)7-5-9/h4-8,11-12,14H,1-3H3. The lowest BCUT2D eigenvalue weighted by Crippen LogP contribution is -2.26. The van der Waals surface area contributed by atoms with Gasteiger partial charge in [0, 0.05) is 12.1 Å². The third-order valence-corrected chi connectivity index (χ3v) is 2.70. The van der Waals surface area contributed by atoms with Crippen LogP contribution in [0.4, 0.5) is 0 Å². The van der Waals surface area contributed by atoms with Crippen molar-refractivity contribution in [1.29, 1.82) is 0 Å². The summed E-state index contributed by atoms with van der Waals surface area (Å²) in [6, 6.07) is 7.18. The third kappa shape index (κ3) is 3.20. The van der Waals surface area contributed by atoms with Crippen molar-refractivity contribution in [3.8, 4) is 0 Å². The summed E-state index contributed by atoms with van der Waals surface area (Å²) in [5.41, 5.74) is 0.833. The van der Waals surface area contributed by atoms with E-state index >= 15 is 0 Å². The predicted octanol–water partition coefficient (Wildman–Crippen LogP) is 3.04. The van der Waals surface area contributed by atoms with E-state index in [4.69, 9.17) is 16.3 Å². The van der Waals surface area contributed by atoms with Crippen LogP contribution in [0.2, 0.25) is 5.02 Å². The molecule has 0 spiro atoms. The van der Waals surface area contributed by atoms with Crippen molar-refractivity contribution in [2.24, 2.45) is 5.92 Å². The van der Waals surface area contributed by atoms with E-state index in [2.05, 4.69) is 0 Å². The monoisotopic (exact) mass is 228 g/mol. The van der Waals surface area contributed by atoms with E-state index in [0.717, 1.165) is 5.56 Å². The van der Waals surface area contributed by atoms with Crippen LogP contribution in [0.3, 0.4) is 0 Å². The van der Waals surface area contributed by atoms with Gasteiger partial charge >= 0.3 is 0 Å². The Morgan fingerprint density at radius 3 is 2.13 bits per heavy atom. The Balaban J connectivity index is 2.82. The van der Waals surface area contributed by atoms with Gasteiger partial charge in [0.05, 0.1) is 6.10 Å². The molecule has 0 saturated heterocycles. The average Bonchev–Trinajstić information content (AvgIpc) is 2.19. The SMILES string of the molecule is COC(C(C)C)C(O)c1ccc(Cl)cc1. The van der Waals surface area contributed by atoms with Crippen molar-refractivity contribution in [3.05, 3.63) is 34.9 Å². The van der Waals surface area contributed by atoms with Crippen LogP contribution in [0, 0.1) is 5.92 Å². The maximum absolute atomic E-state index is 10.1. The lowest BCUT2D eigenvalue weighted by Gasteiger charge is -2.25. The molecule has 2 atom stereocenters. The number of ether oxygens (including phenoxy) is 1. The van der Waals surface area contributed by atoms with Crippen LogP contribution in [0.15, 0.2) is 24.3 Å². The second kappa shape index (κ2) is 5.50. The highest BCUT2D eigenvalue weighted by atomic mass is 35.5. The number of aliphatic hydroxyl groups is 1. The Kier molecular flexibility index (Phi) is 4.58. The van der Waals surface area contributed by atoms with Crippen molar-refractivity contribution in [2.75, 3.05) is 7.11 Å². The van der Waals surface area contributed by atoms with Gasteiger partial charge < -0.3 is 9.84 Å². The number of halogens is 1. The third-order valence-electron chi connectivity index (χ3n) is 2.45. The van der Waals surface area contributed by atoms with Gasteiger partial charge in [-0.3, -0.25) is 0 Å². The van der Waals surface area contributed by atoms with Crippen LogP contribution in [0.25, 0.3) is 0 Å². The lowest BCUT2D eigenvalue weighted by molar-refractivity contribution is -0.0390. The Morgan fingerprint density at radius 1 is 1.20 bits per heavy atom. The summed E-state index contributed by atoms with van der Waals surface area (Å²) in [6.45, 7) is 4.04. The first-order valence-corrected chi connectivity index (χ1v) is 5.40. The summed E-state index contributed by atoms with van der Waals surface area (Å²) >= 11 is 5.78. The minimum Gasteiger partial charge on any atom is -0.386 e. The normalized spacial score (nSPS) is 15.3. The number of aliphatic hydroxyl groups excluding tert-OH is 1. The molecular weight excluding hydrogens is 212 g/mol. The molecule has 3 heteroatoms. The molecule has 0 radical (unpaired) electrons. The average molecular weight is 229 g/mol. The van der Waals surface area contributed by atoms with Gasteiger partial charge in [-0.25, -0.2) is 0 Å². The summed E-state index contributed by atoms with van der Waals surface area (Å²) in [6.07, 6.45) is -0.793. The molecule has 1 aromatic rings. The van der Waals surface area contributed by atoms with Gasteiger partial charge in [-0.05, 0) is 23.6 Å². The number of rotatable bonds is 4. The summed E-state index contributed by atoms with van der Waals surface area (Å²) in [5, 5.41) is 10.7. The van der Waals surface area contributed by atoms with Crippen LogP contribution in [-0.4, -0.2) is 18.3 Å². The van der Waals surface area contributed by atoms with Crippen molar-refractivity contribution < 1.29 is 9.84 Å².